The number of sulfonamides is 1. The van der Waals surface area contributed by atoms with E-state index in [9.17, 15) is 8.42 Å². The number of fused-ring (bicyclic) bond motifs is 1. The lowest BCUT2D eigenvalue weighted by molar-refractivity contribution is 0.171. The zero-order chi connectivity index (χ0) is 17.9. The van der Waals surface area contributed by atoms with Crippen molar-refractivity contribution >= 4 is 10.0 Å². The van der Waals surface area contributed by atoms with E-state index in [1.807, 2.05) is 38.1 Å². The summed E-state index contributed by atoms with van der Waals surface area (Å²) in [6, 6.07) is 12.0. The topological polar surface area (TPSA) is 73.9 Å². The highest BCUT2D eigenvalue weighted by Crippen LogP contribution is 2.32. The average Bonchev–Trinajstić information content (AvgIpc) is 2.59. The molecular weight excluding hydrogens is 342 g/mol. The molecule has 0 aromatic heterocycles. The van der Waals surface area contributed by atoms with E-state index in [1.54, 1.807) is 6.07 Å². The molecule has 0 radical (unpaired) electrons. The van der Waals surface area contributed by atoms with Crippen molar-refractivity contribution < 1.29 is 22.6 Å². The number of ether oxygens (including phenoxy) is 3. The number of hydrogen-bond donors (Lipinski definition) is 1. The molecule has 6 nitrogen and oxygen atoms in total. The molecule has 0 saturated carbocycles. The molecule has 2 aromatic rings. The monoisotopic (exact) mass is 363 g/mol. The van der Waals surface area contributed by atoms with E-state index in [0.717, 1.165) is 5.56 Å². The maximum Gasteiger partial charge on any atom is 0.241 e. The molecule has 0 fully saturated rings. The highest BCUT2D eigenvalue weighted by molar-refractivity contribution is 7.89. The summed E-state index contributed by atoms with van der Waals surface area (Å²) in [6.45, 7) is 4.93. The molecule has 2 aromatic carbocycles. The number of hydrogen-bond acceptors (Lipinski definition) is 5. The molecule has 0 aliphatic carbocycles. The van der Waals surface area contributed by atoms with E-state index < -0.39 is 10.0 Å². The van der Waals surface area contributed by atoms with Gasteiger partial charge in [0.15, 0.2) is 11.5 Å². The Morgan fingerprint density at radius 3 is 2.60 bits per heavy atom. The minimum atomic E-state index is -3.65. The molecule has 0 atom stereocenters. The van der Waals surface area contributed by atoms with Crippen LogP contribution in [0.4, 0.5) is 0 Å². The summed E-state index contributed by atoms with van der Waals surface area (Å²) >= 11 is 0. The highest BCUT2D eigenvalue weighted by atomic mass is 32.2. The van der Waals surface area contributed by atoms with Crippen LogP contribution >= 0.6 is 0 Å². The maximum absolute atomic E-state index is 12.5. The van der Waals surface area contributed by atoms with Crippen LogP contribution in [0.25, 0.3) is 0 Å². The van der Waals surface area contributed by atoms with Gasteiger partial charge >= 0.3 is 0 Å². The van der Waals surface area contributed by atoms with E-state index >= 15 is 0 Å². The first kappa shape index (κ1) is 17.6. The summed E-state index contributed by atoms with van der Waals surface area (Å²) in [4.78, 5) is 0.145. The van der Waals surface area contributed by atoms with Crippen LogP contribution in [-0.4, -0.2) is 27.7 Å². The summed E-state index contributed by atoms with van der Waals surface area (Å²) in [5, 5.41) is 0. The number of benzene rings is 2. The SMILES string of the molecule is CC(C)Oc1cccc(CNS(=O)(=O)c2ccc3c(c2)OCCO3)c1. The second-order valence-corrected chi connectivity index (χ2v) is 7.71. The Morgan fingerprint density at radius 2 is 1.84 bits per heavy atom. The number of nitrogens with one attached hydrogen (secondary N) is 1. The quantitative estimate of drug-likeness (QED) is 0.854. The second kappa shape index (κ2) is 7.33. The molecule has 25 heavy (non-hydrogen) atoms. The Labute approximate surface area is 147 Å². The first-order valence-electron chi connectivity index (χ1n) is 8.09. The van der Waals surface area contributed by atoms with E-state index in [4.69, 9.17) is 14.2 Å². The third-order valence-corrected chi connectivity index (χ3v) is 4.96. The Bertz CT molecular complexity index is 848. The third-order valence-electron chi connectivity index (χ3n) is 3.56. The fraction of sp³-hybridized carbons (Fsp3) is 0.333. The smallest absolute Gasteiger partial charge is 0.241 e. The normalized spacial score (nSPS) is 13.7. The van der Waals surface area contributed by atoms with Crippen LogP contribution in [0.15, 0.2) is 47.4 Å². The molecule has 7 heteroatoms. The van der Waals surface area contributed by atoms with Crippen molar-refractivity contribution in [1.82, 2.24) is 4.72 Å². The molecule has 1 heterocycles. The Balaban J connectivity index is 1.72. The Kier molecular flexibility index (Phi) is 5.15. The standard InChI is InChI=1S/C18H21NO5S/c1-13(2)24-15-5-3-4-14(10-15)12-19-25(20,21)16-6-7-17-18(11-16)23-9-8-22-17/h3-7,10-11,13,19H,8-9,12H2,1-2H3. The van der Waals surface area contributed by atoms with Gasteiger partial charge in [-0.05, 0) is 43.7 Å². The highest BCUT2D eigenvalue weighted by Gasteiger charge is 2.19. The van der Waals surface area contributed by atoms with Crippen LogP contribution in [-0.2, 0) is 16.6 Å². The summed E-state index contributed by atoms with van der Waals surface area (Å²) in [7, 11) is -3.65. The lowest BCUT2D eigenvalue weighted by atomic mass is 10.2. The second-order valence-electron chi connectivity index (χ2n) is 5.94. The van der Waals surface area contributed by atoms with E-state index in [2.05, 4.69) is 4.72 Å². The van der Waals surface area contributed by atoms with Crippen molar-refractivity contribution in [3.8, 4) is 17.2 Å². The van der Waals surface area contributed by atoms with E-state index in [0.29, 0.717) is 30.5 Å². The van der Waals surface area contributed by atoms with Crippen LogP contribution in [0.2, 0.25) is 0 Å². The summed E-state index contributed by atoms with van der Waals surface area (Å²) in [5.41, 5.74) is 0.819. The molecule has 1 aliphatic rings. The van der Waals surface area contributed by atoms with Crippen molar-refractivity contribution in [2.24, 2.45) is 0 Å². The van der Waals surface area contributed by atoms with Crippen LogP contribution in [0.1, 0.15) is 19.4 Å². The fourth-order valence-corrected chi connectivity index (χ4v) is 3.49. The molecule has 0 amide bonds. The molecule has 3 rings (SSSR count). The van der Waals surface area contributed by atoms with Gasteiger partial charge in [0.05, 0.1) is 11.0 Å². The van der Waals surface area contributed by atoms with Crippen LogP contribution < -0.4 is 18.9 Å². The summed E-state index contributed by atoms with van der Waals surface area (Å²) in [5.74, 6) is 1.72. The number of rotatable bonds is 6. The molecule has 1 aliphatic heterocycles. The molecule has 0 saturated heterocycles. The average molecular weight is 363 g/mol. The van der Waals surface area contributed by atoms with Crippen molar-refractivity contribution in [3.05, 3.63) is 48.0 Å². The first-order chi connectivity index (χ1) is 11.9. The summed E-state index contributed by atoms with van der Waals surface area (Å²) < 4.78 is 44.1. The molecule has 1 N–H and O–H groups in total. The first-order valence-corrected chi connectivity index (χ1v) is 9.57. The lowest BCUT2D eigenvalue weighted by Crippen LogP contribution is -2.24. The zero-order valence-corrected chi connectivity index (χ0v) is 15.0. The van der Waals surface area contributed by atoms with Gasteiger partial charge in [0.25, 0.3) is 0 Å². The van der Waals surface area contributed by atoms with Crippen molar-refractivity contribution in [1.29, 1.82) is 0 Å². The van der Waals surface area contributed by atoms with Crippen LogP contribution in [0, 0.1) is 0 Å². The van der Waals surface area contributed by atoms with Gasteiger partial charge in [0, 0.05) is 12.6 Å². The van der Waals surface area contributed by atoms with Gasteiger partial charge in [-0.1, -0.05) is 12.1 Å². The van der Waals surface area contributed by atoms with Crippen molar-refractivity contribution in [3.63, 3.8) is 0 Å². The molecular formula is C18H21NO5S. The predicted octanol–water partition coefficient (Wildman–Crippen LogP) is 2.72. The Morgan fingerprint density at radius 1 is 1.08 bits per heavy atom. The van der Waals surface area contributed by atoms with Gasteiger partial charge < -0.3 is 14.2 Å². The fourth-order valence-electron chi connectivity index (χ4n) is 2.45. The summed E-state index contributed by atoms with van der Waals surface area (Å²) in [6.07, 6.45) is 0.0599. The van der Waals surface area contributed by atoms with E-state index in [1.165, 1.54) is 12.1 Å². The minimum Gasteiger partial charge on any atom is -0.491 e. The molecule has 0 spiro atoms. The van der Waals surface area contributed by atoms with Gasteiger partial charge in [-0.3, -0.25) is 0 Å². The minimum absolute atomic E-state index is 0.0599. The predicted molar refractivity (Wildman–Crippen MR) is 93.7 cm³/mol. The largest absolute Gasteiger partial charge is 0.491 e. The molecule has 134 valence electrons. The van der Waals surface area contributed by atoms with Gasteiger partial charge in [0.2, 0.25) is 10.0 Å². The van der Waals surface area contributed by atoms with Crippen LogP contribution in [0.3, 0.4) is 0 Å². The van der Waals surface area contributed by atoms with Crippen molar-refractivity contribution in [2.45, 2.75) is 31.4 Å². The van der Waals surface area contributed by atoms with Gasteiger partial charge in [-0.25, -0.2) is 13.1 Å². The molecule has 0 bridgehead atoms. The van der Waals surface area contributed by atoms with Gasteiger partial charge in [-0.2, -0.15) is 0 Å². The van der Waals surface area contributed by atoms with E-state index in [-0.39, 0.29) is 17.5 Å². The van der Waals surface area contributed by atoms with Crippen molar-refractivity contribution in [2.75, 3.05) is 13.2 Å². The van der Waals surface area contributed by atoms with Gasteiger partial charge in [-0.15, -0.1) is 0 Å². The Hall–Kier alpha value is -2.25. The van der Waals surface area contributed by atoms with Crippen LogP contribution in [0.5, 0.6) is 17.2 Å². The van der Waals surface area contributed by atoms with Gasteiger partial charge in [0.1, 0.15) is 19.0 Å². The third kappa shape index (κ3) is 4.43. The molecule has 0 unspecified atom stereocenters. The zero-order valence-electron chi connectivity index (χ0n) is 14.2. The maximum atomic E-state index is 12.5. The lowest BCUT2D eigenvalue weighted by Gasteiger charge is -2.19.